The van der Waals surface area contributed by atoms with E-state index < -0.39 is 17.7 Å². The van der Waals surface area contributed by atoms with Crippen LogP contribution >= 0.6 is 0 Å². The van der Waals surface area contributed by atoms with Crippen LogP contribution in [0.3, 0.4) is 0 Å². The van der Waals surface area contributed by atoms with Gasteiger partial charge in [0.1, 0.15) is 5.69 Å². The summed E-state index contributed by atoms with van der Waals surface area (Å²) in [4.78, 5) is 39.0. The Morgan fingerprint density at radius 3 is 2.55 bits per heavy atom. The van der Waals surface area contributed by atoms with Gasteiger partial charge >= 0.3 is 0 Å². The lowest BCUT2D eigenvalue weighted by molar-refractivity contribution is -0.0102. The Morgan fingerprint density at radius 1 is 1.06 bits per heavy atom. The van der Waals surface area contributed by atoms with Crippen molar-refractivity contribution < 1.29 is 18.4 Å². The zero-order valence-corrected chi connectivity index (χ0v) is 16.5. The van der Waals surface area contributed by atoms with E-state index >= 15 is 0 Å². The van der Waals surface area contributed by atoms with Crippen molar-refractivity contribution in [2.24, 2.45) is 5.73 Å². The molecule has 0 saturated carbocycles. The molecule has 3 N–H and O–H groups in total. The van der Waals surface area contributed by atoms with Crippen LogP contribution in [-0.2, 0) is 0 Å². The monoisotopic (exact) mass is 426 g/mol. The largest absolute Gasteiger partial charge is 0.364 e. The van der Waals surface area contributed by atoms with Gasteiger partial charge in [-0.1, -0.05) is 12.1 Å². The van der Waals surface area contributed by atoms with Gasteiger partial charge in [0.25, 0.3) is 11.8 Å². The highest BCUT2D eigenvalue weighted by Crippen LogP contribution is 2.31. The van der Waals surface area contributed by atoms with E-state index in [0.29, 0.717) is 23.3 Å². The Balaban J connectivity index is 1.71. The van der Waals surface area contributed by atoms with Gasteiger partial charge in [0.2, 0.25) is 5.92 Å². The van der Waals surface area contributed by atoms with Gasteiger partial charge in [0.05, 0.1) is 11.0 Å². The molecule has 31 heavy (non-hydrogen) atoms. The number of primary amides is 1. The van der Waals surface area contributed by atoms with Crippen LogP contribution < -0.4 is 16.0 Å². The highest BCUT2D eigenvalue weighted by atomic mass is 19.3. The number of hydrogen-bond donors (Lipinski definition) is 2. The zero-order chi connectivity index (χ0) is 22.0. The number of anilines is 2. The fraction of sp³-hybridized carbons (Fsp3) is 0.286. The summed E-state index contributed by atoms with van der Waals surface area (Å²) in [7, 11) is 0. The Labute approximate surface area is 176 Å². The Hall–Kier alpha value is -3.69. The van der Waals surface area contributed by atoms with Gasteiger partial charge in [0, 0.05) is 37.8 Å². The molecule has 0 unspecified atom stereocenters. The number of halogens is 2. The molecule has 4 rings (SSSR count). The molecule has 8 nitrogen and oxygen atoms in total. The Morgan fingerprint density at radius 2 is 1.81 bits per heavy atom. The maximum absolute atomic E-state index is 13.9. The number of alkyl halides is 2. The molecule has 2 amide bonds. The van der Waals surface area contributed by atoms with E-state index in [9.17, 15) is 18.4 Å². The van der Waals surface area contributed by atoms with Crippen LogP contribution in [0.1, 0.15) is 40.2 Å². The van der Waals surface area contributed by atoms with Gasteiger partial charge < -0.3 is 16.0 Å². The van der Waals surface area contributed by atoms with Crippen LogP contribution in [0, 0.1) is 0 Å². The molecule has 1 aliphatic heterocycles. The second kappa shape index (κ2) is 8.21. The number of nitrogens with zero attached hydrogens (tertiary/aromatic N) is 4. The van der Waals surface area contributed by atoms with Gasteiger partial charge in [0.15, 0.2) is 11.5 Å². The summed E-state index contributed by atoms with van der Waals surface area (Å²) in [5.41, 5.74) is 6.62. The van der Waals surface area contributed by atoms with E-state index in [1.54, 1.807) is 29.2 Å². The number of nitrogens with one attached hydrogen (secondary N) is 1. The van der Waals surface area contributed by atoms with Crippen molar-refractivity contribution in [1.82, 2.24) is 15.0 Å². The third kappa shape index (κ3) is 4.57. The number of para-hydroxylation sites is 2. The predicted octanol–water partition coefficient (Wildman–Crippen LogP) is 3.00. The lowest BCUT2D eigenvalue weighted by atomic mass is 10.1. The minimum Gasteiger partial charge on any atom is -0.364 e. The number of pyridine rings is 1. The first-order valence-corrected chi connectivity index (χ1v) is 9.79. The van der Waals surface area contributed by atoms with E-state index in [1.807, 2.05) is 0 Å². The Bertz CT molecular complexity index is 1150. The lowest BCUT2D eigenvalue weighted by Gasteiger charge is -2.23. The van der Waals surface area contributed by atoms with Crippen LogP contribution in [0.2, 0.25) is 0 Å². The number of carbonyl (C=O) groups is 2. The average molecular weight is 426 g/mol. The third-order valence-corrected chi connectivity index (χ3v) is 5.06. The van der Waals surface area contributed by atoms with E-state index in [0.717, 1.165) is 0 Å². The van der Waals surface area contributed by atoms with Crippen molar-refractivity contribution in [3.8, 4) is 0 Å². The summed E-state index contributed by atoms with van der Waals surface area (Å²) in [6.07, 6.45) is 1.09. The van der Waals surface area contributed by atoms with Crippen molar-refractivity contribution in [3.05, 3.63) is 54.0 Å². The maximum atomic E-state index is 13.9. The normalized spacial score (nSPS) is 16.0. The van der Waals surface area contributed by atoms with Crippen LogP contribution in [0.15, 0.2) is 42.6 Å². The van der Waals surface area contributed by atoms with Crippen molar-refractivity contribution in [1.29, 1.82) is 0 Å². The van der Waals surface area contributed by atoms with Crippen molar-refractivity contribution in [2.45, 2.75) is 25.2 Å². The number of aromatic nitrogens is 3. The van der Waals surface area contributed by atoms with E-state index in [-0.39, 0.29) is 43.0 Å². The molecule has 1 aliphatic rings. The maximum Gasteiger partial charge on any atom is 0.278 e. The second-order valence-electron chi connectivity index (χ2n) is 7.33. The smallest absolute Gasteiger partial charge is 0.278 e. The molecule has 0 atom stereocenters. The number of nitrogens with two attached hydrogens (primary N) is 1. The van der Waals surface area contributed by atoms with Crippen molar-refractivity contribution >= 4 is 34.4 Å². The highest BCUT2D eigenvalue weighted by molar-refractivity contribution is 6.07. The fourth-order valence-corrected chi connectivity index (χ4v) is 3.47. The predicted molar refractivity (Wildman–Crippen MR) is 111 cm³/mol. The number of rotatable bonds is 4. The summed E-state index contributed by atoms with van der Waals surface area (Å²) in [6.45, 7) is 0.394. The number of fused-ring (bicyclic) bond motifs is 1. The standard InChI is InChI=1S/C21H20F2N6O2/c22-21(23)7-3-10-29(11-8-21)19-17(27-14-4-1-2-5-15(14)28-19)20(31)26-13-6-9-25-16(12-13)18(24)30/h1-2,4-6,9,12H,3,7-8,10-11H2,(H2,24,30)(H,25,26,31). The first kappa shape index (κ1) is 20.6. The number of hydrogen-bond acceptors (Lipinski definition) is 6. The molecule has 0 radical (unpaired) electrons. The van der Waals surface area contributed by atoms with Crippen LogP contribution in [-0.4, -0.2) is 45.8 Å². The molecule has 0 spiro atoms. The fourth-order valence-electron chi connectivity index (χ4n) is 3.47. The Kier molecular flexibility index (Phi) is 5.45. The number of carbonyl (C=O) groups excluding carboxylic acids is 2. The first-order valence-electron chi connectivity index (χ1n) is 9.79. The summed E-state index contributed by atoms with van der Waals surface area (Å²) in [6, 6.07) is 9.89. The van der Waals surface area contributed by atoms with Gasteiger partial charge in [-0.3, -0.25) is 14.6 Å². The van der Waals surface area contributed by atoms with Crippen LogP contribution in [0.4, 0.5) is 20.3 Å². The van der Waals surface area contributed by atoms with Crippen molar-refractivity contribution in [2.75, 3.05) is 23.3 Å². The molecular formula is C21H20F2N6O2. The SMILES string of the molecule is NC(=O)c1cc(NC(=O)c2nc3ccccc3nc2N2CCCC(F)(F)CC2)ccn1. The molecule has 3 heterocycles. The summed E-state index contributed by atoms with van der Waals surface area (Å²) >= 11 is 0. The summed E-state index contributed by atoms with van der Waals surface area (Å²) in [5, 5.41) is 2.67. The summed E-state index contributed by atoms with van der Waals surface area (Å²) in [5.74, 6) is -3.80. The molecule has 2 aromatic heterocycles. The topological polar surface area (TPSA) is 114 Å². The molecular weight excluding hydrogens is 406 g/mol. The van der Waals surface area contributed by atoms with Crippen LogP contribution in [0.5, 0.6) is 0 Å². The third-order valence-electron chi connectivity index (χ3n) is 5.06. The zero-order valence-electron chi connectivity index (χ0n) is 16.5. The summed E-state index contributed by atoms with van der Waals surface area (Å²) < 4.78 is 27.7. The molecule has 1 fully saturated rings. The van der Waals surface area contributed by atoms with Gasteiger partial charge in [-0.15, -0.1) is 0 Å². The first-order chi connectivity index (χ1) is 14.8. The van der Waals surface area contributed by atoms with E-state index in [2.05, 4.69) is 20.3 Å². The molecule has 0 bridgehead atoms. The minimum absolute atomic E-state index is 0.00244. The lowest BCUT2D eigenvalue weighted by Crippen LogP contribution is -2.30. The van der Waals surface area contributed by atoms with Crippen LogP contribution in [0.25, 0.3) is 11.0 Å². The number of amides is 2. The minimum atomic E-state index is -2.75. The van der Waals surface area contributed by atoms with Gasteiger partial charge in [-0.05, 0) is 30.7 Å². The van der Waals surface area contributed by atoms with Crippen molar-refractivity contribution in [3.63, 3.8) is 0 Å². The molecule has 0 aliphatic carbocycles. The molecule has 10 heteroatoms. The van der Waals surface area contributed by atoms with Gasteiger partial charge in [-0.25, -0.2) is 18.7 Å². The molecule has 160 valence electrons. The quantitative estimate of drug-likeness (QED) is 0.663. The molecule has 1 aromatic carbocycles. The average Bonchev–Trinajstić information content (AvgIpc) is 2.93. The van der Waals surface area contributed by atoms with E-state index in [4.69, 9.17) is 5.73 Å². The number of benzene rings is 1. The second-order valence-corrected chi connectivity index (χ2v) is 7.33. The highest BCUT2D eigenvalue weighted by Gasteiger charge is 2.33. The van der Waals surface area contributed by atoms with Gasteiger partial charge in [-0.2, -0.15) is 0 Å². The molecule has 1 saturated heterocycles. The molecule has 3 aromatic rings. The van der Waals surface area contributed by atoms with E-state index in [1.165, 1.54) is 18.3 Å².